The number of carboxylic acid groups (broad SMARTS) is 1. The summed E-state index contributed by atoms with van der Waals surface area (Å²) in [6.45, 7) is 1.90. The Kier molecular flexibility index (Phi) is 3.97. The molecular formula is C14H13NO5S. The summed E-state index contributed by atoms with van der Waals surface area (Å²) in [6, 6.07) is 10.4. The van der Waals surface area contributed by atoms with Crippen LogP contribution in [-0.4, -0.2) is 19.5 Å². The molecule has 0 saturated carbocycles. The molecule has 0 fully saturated rings. The van der Waals surface area contributed by atoms with E-state index in [0.29, 0.717) is 5.75 Å². The number of benzene rings is 2. The SMILES string of the molecule is Cc1ccc(Oc2ccc(C(=O)O)cc2S(N)(=O)=O)cc1. The highest BCUT2D eigenvalue weighted by Crippen LogP contribution is 2.29. The van der Waals surface area contributed by atoms with Crippen LogP contribution >= 0.6 is 0 Å². The van der Waals surface area contributed by atoms with Gasteiger partial charge in [0, 0.05) is 0 Å². The van der Waals surface area contributed by atoms with Gasteiger partial charge in [0.2, 0.25) is 10.0 Å². The van der Waals surface area contributed by atoms with Crippen molar-refractivity contribution < 1.29 is 23.1 Å². The molecule has 0 aromatic heterocycles. The molecule has 0 aliphatic heterocycles. The van der Waals surface area contributed by atoms with Crippen molar-refractivity contribution in [2.24, 2.45) is 5.14 Å². The summed E-state index contributed by atoms with van der Waals surface area (Å²) in [5.41, 5.74) is 0.838. The molecule has 0 radical (unpaired) electrons. The molecule has 0 aliphatic carbocycles. The second-order valence-electron chi connectivity index (χ2n) is 4.43. The Hall–Kier alpha value is -2.38. The van der Waals surface area contributed by atoms with E-state index in [1.165, 1.54) is 12.1 Å². The van der Waals surface area contributed by atoms with Gasteiger partial charge in [-0.05, 0) is 37.3 Å². The Balaban J connectivity index is 2.48. The van der Waals surface area contributed by atoms with Gasteiger partial charge in [0.1, 0.15) is 16.4 Å². The van der Waals surface area contributed by atoms with Crippen molar-refractivity contribution in [2.75, 3.05) is 0 Å². The molecule has 0 atom stereocenters. The zero-order chi connectivity index (χ0) is 15.6. The minimum absolute atomic E-state index is 0.0219. The van der Waals surface area contributed by atoms with Gasteiger partial charge >= 0.3 is 5.97 Å². The number of hydrogen-bond donors (Lipinski definition) is 2. The molecule has 2 rings (SSSR count). The zero-order valence-corrected chi connectivity index (χ0v) is 11.9. The van der Waals surface area contributed by atoms with E-state index in [0.717, 1.165) is 11.6 Å². The lowest BCUT2D eigenvalue weighted by molar-refractivity contribution is 0.0696. The number of aromatic carboxylic acids is 1. The van der Waals surface area contributed by atoms with Crippen LogP contribution in [0, 0.1) is 6.92 Å². The molecule has 0 bridgehead atoms. The third kappa shape index (κ3) is 3.59. The second kappa shape index (κ2) is 5.55. The molecule has 6 nitrogen and oxygen atoms in total. The molecule has 2 aromatic carbocycles. The summed E-state index contributed by atoms with van der Waals surface area (Å²) in [4.78, 5) is 10.5. The van der Waals surface area contributed by atoms with Gasteiger partial charge in [-0.1, -0.05) is 17.7 Å². The molecule has 7 heteroatoms. The van der Waals surface area contributed by atoms with Crippen molar-refractivity contribution in [1.29, 1.82) is 0 Å². The number of rotatable bonds is 4. The molecule has 0 spiro atoms. The van der Waals surface area contributed by atoms with Crippen molar-refractivity contribution in [1.82, 2.24) is 0 Å². The van der Waals surface area contributed by atoms with Crippen LogP contribution in [-0.2, 0) is 10.0 Å². The summed E-state index contributed by atoms with van der Waals surface area (Å²) in [5, 5.41) is 14.0. The fourth-order valence-corrected chi connectivity index (χ4v) is 2.36. The number of primary sulfonamides is 1. The first-order valence-corrected chi connectivity index (χ1v) is 7.46. The first kappa shape index (κ1) is 15.0. The highest BCUT2D eigenvalue weighted by atomic mass is 32.2. The number of aryl methyl sites for hydroxylation is 1. The van der Waals surface area contributed by atoms with Crippen molar-refractivity contribution in [2.45, 2.75) is 11.8 Å². The van der Waals surface area contributed by atoms with Crippen LogP contribution in [0.2, 0.25) is 0 Å². The summed E-state index contributed by atoms with van der Waals surface area (Å²) in [5.74, 6) is -0.846. The standard InChI is InChI=1S/C14H13NO5S/c1-9-2-5-11(6-3-9)20-12-7-4-10(14(16)17)8-13(12)21(15,18)19/h2-8H,1H3,(H,16,17)(H2,15,18,19). The summed E-state index contributed by atoms with van der Waals surface area (Å²) in [7, 11) is -4.11. The molecule has 0 unspecified atom stereocenters. The molecular weight excluding hydrogens is 294 g/mol. The number of carboxylic acids is 1. The van der Waals surface area contributed by atoms with Gasteiger partial charge in [-0.25, -0.2) is 18.4 Å². The zero-order valence-electron chi connectivity index (χ0n) is 11.1. The van der Waals surface area contributed by atoms with Crippen LogP contribution in [0.5, 0.6) is 11.5 Å². The van der Waals surface area contributed by atoms with Crippen LogP contribution in [0.3, 0.4) is 0 Å². The fourth-order valence-electron chi connectivity index (χ4n) is 1.68. The maximum atomic E-state index is 11.6. The lowest BCUT2D eigenvalue weighted by atomic mass is 10.2. The monoisotopic (exact) mass is 307 g/mol. The highest BCUT2D eigenvalue weighted by molar-refractivity contribution is 7.89. The van der Waals surface area contributed by atoms with Crippen LogP contribution in [0.15, 0.2) is 47.4 Å². The van der Waals surface area contributed by atoms with E-state index in [2.05, 4.69) is 0 Å². The van der Waals surface area contributed by atoms with Crippen LogP contribution in [0.4, 0.5) is 0 Å². The summed E-state index contributed by atoms with van der Waals surface area (Å²) in [6.07, 6.45) is 0. The Morgan fingerprint density at radius 2 is 1.76 bits per heavy atom. The first-order valence-electron chi connectivity index (χ1n) is 5.92. The average Bonchev–Trinajstić information content (AvgIpc) is 2.40. The summed E-state index contributed by atoms with van der Waals surface area (Å²) < 4.78 is 28.6. The fraction of sp³-hybridized carbons (Fsp3) is 0.0714. The third-order valence-electron chi connectivity index (χ3n) is 2.75. The lowest BCUT2D eigenvalue weighted by Gasteiger charge is -2.10. The normalized spacial score (nSPS) is 11.1. The van der Waals surface area contributed by atoms with E-state index >= 15 is 0 Å². The average molecular weight is 307 g/mol. The van der Waals surface area contributed by atoms with Gasteiger partial charge in [-0.3, -0.25) is 0 Å². The predicted octanol–water partition coefficient (Wildman–Crippen LogP) is 2.13. The largest absolute Gasteiger partial charge is 0.478 e. The molecule has 0 saturated heterocycles. The van der Waals surface area contributed by atoms with E-state index in [1.807, 2.05) is 6.92 Å². The smallest absolute Gasteiger partial charge is 0.335 e. The summed E-state index contributed by atoms with van der Waals surface area (Å²) >= 11 is 0. The number of nitrogens with two attached hydrogens (primary N) is 1. The first-order chi connectivity index (χ1) is 9.77. The van der Waals surface area contributed by atoms with E-state index in [9.17, 15) is 13.2 Å². The number of sulfonamides is 1. The molecule has 0 aliphatic rings. The minimum atomic E-state index is -4.11. The molecule has 110 valence electrons. The Bertz CT molecular complexity index is 782. The van der Waals surface area contributed by atoms with Gasteiger partial charge in [0.25, 0.3) is 0 Å². The van der Waals surface area contributed by atoms with Gasteiger partial charge in [0.05, 0.1) is 5.56 Å². The van der Waals surface area contributed by atoms with Crippen molar-refractivity contribution >= 4 is 16.0 Å². The van der Waals surface area contributed by atoms with Crippen LogP contribution in [0.25, 0.3) is 0 Å². The van der Waals surface area contributed by atoms with E-state index in [1.54, 1.807) is 24.3 Å². The minimum Gasteiger partial charge on any atom is -0.478 e. The number of hydrogen-bond acceptors (Lipinski definition) is 4. The lowest BCUT2D eigenvalue weighted by Crippen LogP contribution is -2.14. The Labute approximate surface area is 121 Å². The maximum Gasteiger partial charge on any atom is 0.335 e. The van der Waals surface area contributed by atoms with Gasteiger partial charge in [-0.15, -0.1) is 0 Å². The van der Waals surface area contributed by atoms with Gasteiger partial charge in [0.15, 0.2) is 0 Å². The maximum absolute atomic E-state index is 11.6. The van der Waals surface area contributed by atoms with Gasteiger partial charge < -0.3 is 9.84 Å². The highest BCUT2D eigenvalue weighted by Gasteiger charge is 2.18. The molecule has 3 N–H and O–H groups in total. The number of ether oxygens (including phenoxy) is 1. The van der Waals surface area contributed by atoms with E-state index < -0.39 is 16.0 Å². The Morgan fingerprint density at radius 3 is 2.29 bits per heavy atom. The van der Waals surface area contributed by atoms with Crippen LogP contribution < -0.4 is 9.88 Å². The molecule has 21 heavy (non-hydrogen) atoms. The van der Waals surface area contributed by atoms with Crippen molar-refractivity contribution in [3.63, 3.8) is 0 Å². The molecule has 0 heterocycles. The van der Waals surface area contributed by atoms with E-state index in [4.69, 9.17) is 15.0 Å². The number of carbonyl (C=O) groups is 1. The van der Waals surface area contributed by atoms with Crippen molar-refractivity contribution in [3.8, 4) is 11.5 Å². The Morgan fingerprint density at radius 1 is 1.14 bits per heavy atom. The molecule has 0 amide bonds. The quantitative estimate of drug-likeness (QED) is 0.899. The van der Waals surface area contributed by atoms with Crippen LogP contribution in [0.1, 0.15) is 15.9 Å². The third-order valence-corrected chi connectivity index (χ3v) is 3.68. The predicted molar refractivity (Wildman–Crippen MR) is 76.0 cm³/mol. The second-order valence-corrected chi connectivity index (χ2v) is 5.96. The van der Waals surface area contributed by atoms with Crippen molar-refractivity contribution in [3.05, 3.63) is 53.6 Å². The van der Waals surface area contributed by atoms with E-state index in [-0.39, 0.29) is 16.2 Å². The molecule has 2 aromatic rings. The topological polar surface area (TPSA) is 107 Å². The van der Waals surface area contributed by atoms with Gasteiger partial charge in [-0.2, -0.15) is 0 Å².